The summed E-state index contributed by atoms with van der Waals surface area (Å²) in [5, 5.41) is 0. The Labute approximate surface area is 101 Å². The van der Waals surface area contributed by atoms with E-state index < -0.39 is 0 Å². The zero-order valence-electron chi connectivity index (χ0n) is 11.8. The molecule has 0 fully saturated rings. The Bertz CT molecular complexity index is 236. The van der Waals surface area contributed by atoms with Crippen molar-refractivity contribution < 1.29 is 4.79 Å². The highest BCUT2D eigenvalue weighted by Crippen LogP contribution is 2.27. The van der Waals surface area contributed by atoms with Gasteiger partial charge in [-0.2, -0.15) is 0 Å². The monoisotopic (exact) mass is 224 g/mol. The highest BCUT2D eigenvalue weighted by atomic mass is 16.1. The summed E-state index contributed by atoms with van der Waals surface area (Å²) in [7, 11) is 0. The molecule has 0 aliphatic carbocycles. The van der Waals surface area contributed by atoms with Crippen molar-refractivity contribution >= 4 is 5.78 Å². The van der Waals surface area contributed by atoms with E-state index in [1.807, 2.05) is 13.8 Å². The summed E-state index contributed by atoms with van der Waals surface area (Å²) in [6.45, 7) is 12.8. The van der Waals surface area contributed by atoms with Crippen molar-refractivity contribution in [1.29, 1.82) is 0 Å². The van der Waals surface area contributed by atoms with E-state index in [0.29, 0.717) is 11.8 Å². The van der Waals surface area contributed by atoms with Gasteiger partial charge >= 0.3 is 0 Å². The molecule has 0 N–H and O–H groups in total. The van der Waals surface area contributed by atoms with Crippen LogP contribution < -0.4 is 0 Å². The quantitative estimate of drug-likeness (QED) is 0.577. The fraction of sp³-hybridized carbons (Fsp3) is 0.800. The third kappa shape index (κ3) is 6.09. The first-order valence-corrected chi connectivity index (χ1v) is 6.52. The van der Waals surface area contributed by atoms with Gasteiger partial charge in [0.05, 0.1) is 0 Å². The molecule has 0 amide bonds. The third-order valence-electron chi connectivity index (χ3n) is 2.91. The lowest BCUT2D eigenvalue weighted by Crippen LogP contribution is -2.24. The molecule has 1 unspecified atom stereocenters. The summed E-state index contributed by atoms with van der Waals surface area (Å²) in [6, 6.07) is 0. The van der Waals surface area contributed by atoms with Gasteiger partial charge in [0.1, 0.15) is 0 Å². The summed E-state index contributed by atoms with van der Waals surface area (Å²) in [6.07, 6.45) is 7.15. The highest BCUT2D eigenvalue weighted by Gasteiger charge is 2.26. The molecule has 0 spiro atoms. The Morgan fingerprint density at radius 1 is 1.25 bits per heavy atom. The Hall–Kier alpha value is -0.590. The number of ketones is 1. The maximum Gasteiger partial charge on any atom is 0.160 e. The van der Waals surface area contributed by atoms with Crippen LogP contribution in [0.3, 0.4) is 0 Å². The summed E-state index contributed by atoms with van der Waals surface area (Å²) in [4.78, 5) is 12.0. The normalized spacial score (nSPS) is 14.7. The molecule has 94 valence electrons. The minimum atomic E-state index is -0.212. The van der Waals surface area contributed by atoms with Gasteiger partial charge < -0.3 is 0 Å². The third-order valence-corrected chi connectivity index (χ3v) is 2.91. The van der Waals surface area contributed by atoms with Crippen LogP contribution in [0.2, 0.25) is 0 Å². The minimum Gasteiger partial charge on any atom is -0.294 e. The first-order chi connectivity index (χ1) is 7.29. The van der Waals surface area contributed by atoms with E-state index in [9.17, 15) is 4.79 Å². The predicted octanol–water partition coefficient (Wildman–Crippen LogP) is 4.62. The number of hydrogen-bond acceptors (Lipinski definition) is 1. The van der Waals surface area contributed by atoms with Crippen LogP contribution in [0.25, 0.3) is 0 Å². The molecular formula is C15H28O. The lowest BCUT2D eigenvalue weighted by atomic mass is 9.80. The van der Waals surface area contributed by atoms with E-state index in [0.717, 1.165) is 12.8 Å². The number of allylic oxidation sites excluding steroid dienone is 2. The zero-order chi connectivity index (χ0) is 12.8. The van der Waals surface area contributed by atoms with Crippen molar-refractivity contribution in [3.8, 4) is 0 Å². The lowest BCUT2D eigenvalue weighted by molar-refractivity contribution is -0.122. The SMILES string of the molecule is CCCC(C)/C=C\C(=O)C(C)(C)CC(C)C. The van der Waals surface area contributed by atoms with Crippen LogP contribution in [-0.4, -0.2) is 5.78 Å². The Morgan fingerprint density at radius 2 is 1.81 bits per heavy atom. The summed E-state index contributed by atoms with van der Waals surface area (Å²) in [5.41, 5.74) is -0.212. The van der Waals surface area contributed by atoms with Crippen molar-refractivity contribution in [1.82, 2.24) is 0 Å². The summed E-state index contributed by atoms with van der Waals surface area (Å²) < 4.78 is 0. The van der Waals surface area contributed by atoms with Crippen LogP contribution in [0.5, 0.6) is 0 Å². The average Bonchev–Trinajstić information content (AvgIpc) is 2.12. The van der Waals surface area contributed by atoms with Crippen LogP contribution in [0, 0.1) is 17.3 Å². The van der Waals surface area contributed by atoms with Crippen LogP contribution in [-0.2, 0) is 4.79 Å². The lowest BCUT2D eigenvalue weighted by Gasteiger charge is -2.23. The maximum atomic E-state index is 12.0. The van der Waals surface area contributed by atoms with Crippen molar-refractivity contribution in [2.45, 2.75) is 60.8 Å². The molecule has 16 heavy (non-hydrogen) atoms. The number of carbonyl (C=O) groups is 1. The Balaban J connectivity index is 4.33. The second-order valence-electron chi connectivity index (χ2n) is 5.97. The van der Waals surface area contributed by atoms with Crippen LogP contribution in [0.15, 0.2) is 12.2 Å². The van der Waals surface area contributed by atoms with Gasteiger partial charge in [-0.3, -0.25) is 4.79 Å². The molecular weight excluding hydrogens is 196 g/mol. The largest absolute Gasteiger partial charge is 0.294 e. The van der Waals surface area contributed by atoms with Crippen molar-refractivity contribution in [3.05, 3.63) is 12.2 Å². The highest BCUT2D eigenvalue weighted by molar-refractivity contribution is 5.94. The van der Waals surface area contributed by atoms with Gasteiger partial charge in [-0.05, 0) is 30.8 Å². The van der Waals surface area contributed by atoms with E-state index in [2.05, 4.69) is 33.8 Å². The topological polar surface area (TPSA) is 17.1 Å². The molecule has 0 radical (unpaired) electrons. The van der Waals surface area contributed by atoms with Gasteiger partial charge in [0, 0.05) is 5.41 Å². The Kier molecular flexibility index (Phi) is 6.62. The first kappa shape index (κ1) is 15.4. The molecule has 1 heteroatoms. The van der Waals surface area contributed by atoms with E-state index >= 15 is 0 Å². The molecule has 0 saturated heterocycles. The fourth-order valence-electron chi connectivity index (χ4n) is 2.15. The Morgan fingerprint density at radius 3 is 2.25 bits per heavy atom. The molecule has 1 atom stereocenters. The molecule has 0 saturated carbocycles. The number of rotatable bonds is 7. The molecule has 0 heterocycles. The molecule has 0 aliphatic heterocycles. The van der Waals surface area contributed by atoms with Gasteiger partial charge in [-0.15, -0.1) is 0 Å². The minimum absolute atomic E-state index is 0.212. The first-order valence-electron chi connectivity index (χ1n) is 6.52. The average molecular weight is 224 g/mol. The molecule has 0 rings (SSSR count). The fourth-order valence-corrected chi connectivity index (χ4v) is 2.15. The van der Waals surface area contributed by atoms with Crippen LogP contribution >= 0.6 is 0 Å². The van der Waals surface area contributed by atoms with E-state index in [-0.39, 0.29) is 11.2 Å². The second-order valence-corrected chi connectivity index (χ2v) is 5.97. The van der Waals surface area contributed by atoms with Crippen LogP contribution in [0.4, 0.5) is 0 Å². The molecule has 0 aromatic rings. The smallest absolute Gasteiger partial charge is 0.160 e. The van der Waals surface area contributed by atoms with Crippen molar-refractivity contribution in [2.24, 2.45) is 17.3 Å². The second kappa shape index (κ2) is 6.88. The van der Waals surface area contributed by atoms with Gasteiger partial charge in [0.2, 0.25) is 0 Å². The number of carbonyl (C=O) groups excluding carboxylic acids is 1. The van der Waals surface area contributed by atoms with Crippen molar-refractivity contribution in [2.75, 3.05) is 0 Å². The molecule has 0 aromatic carbocycles. The van der Waals surface area contributed by atoms with Gasteiger partial charge in [-0.25, -0.2) is 0 Å². The van der Waals surface area contributed by atoms with Crippen molar-refractivity contribution in [3.63, 3.8) is 0 Å². The van der Waals surface area contributed by atoms with E-state index in [1.165, 1.54) is 6.42 Å². The summed E-state index contributed by atoms with van der Waals surface area (Å²) >= 11 is 0. The van der Waals surface area contributed by atoms with Crippen LogP contribution in [0.1, 0.15) is 60.8 Å². The van der Waals surface area contributed by atoms with E-state index in [4.69, 9.17) is 0 Å². The van der Waals surface area contributed by atoms with Gasteiger partial charge in [-0.1, -0.05) is 54.0 Å². The predicted molar refractivity (Wildman–Crippen MR) is 71.5 cm³/mol. The summed E-state index contributed by atoms with van der Waals surface area (Å²) in [5.74, 6) is 1.35. The molecule has 1 nitrogen and oxygen atoms in total. The van der Waals surface area contributed by atoms with E-state index in [1.54, 1.807) is 6.08 Å². The maximum absolute atomic E-state index is 12.0. The van der Waals surface area contributed by atoms with Gasteiger partial charge in [0.25, 0.3) is 0 Å². The number of hydrogen-bond donors (Lipinski definition) is 0. The van der Waals surface area contributed by atoms with Gasteiger partial charge in [0.15, 0.2) is 5.78 Å². The zero-order valence-corrected chi connectivity index (χ0v) is 11.8. The molecule has 0 aliphatic rings. The molecule has 0 bridgehead atoms. The molecule has 0 aromatic heterocycles. The standard InChI is InChI=1S/C15H28O/c1-7-8-13(4)9-10-14(16)15(5,6)11-12(2)3/h9-10,12-13H,7-8,11H2,1-6H3/b10-9-.